The molecule has 42 nitrogen and oxygen atoms in total. The van der Waals surface area contributed by atoms with Crippen LogP contribution < -0.4 is 126 Å². The fraction of sp³-hybridized carbons (Fsp3) is 0.573. The van der Waals surface area contributed by atoms with Gasteiger partial charge in [-0.15, -0.1) is 0 Å². The number of rotatable bonds is 58. The second kappa shape index (κ2) is 54.1. The molecule has 1 aromatic heterocycles. The Balaban J connectivity index is 2.00. The van der Waals surface area contributed by atoms with Crippen molar-refractivity contribution in [3.8, 4) is 0 Å². The lowest BCUT2D eigenvalue weighted by Crippen LogP contribution is -2.61. The second-order valence-corrected chi connectivity index (χ2v) is 29.7. The molecule has 0 fully saturated rings. The van der Waals surface area contributed by atoms with E-state index in [0.717, 1.165) is 0 Å². The van der Waals surface area contributed by atoms with Crippen LogP contribution in [0.4, 0.5) is 0 Å². The number of unbranched alkanes of at least 4 members (excludes halogenated alkanes) is 2. The van der Waals surface area contributed by atoms with Gasteiger partial charge in [0.1, 0.15) is 72.5 Å². The van der Waals surface area contributed by atoms with E-state index in [0.29, 0.717) is 47.8 Å². The van der Waals surface area contributed by atoms with Gasteiger partial charge in [-0.3, -0.25) is 88.1 Å². The van der Waals surface area contributed by atoms with Gasteiger partial charge in [-0.1, -0.05) is 62.4 Å². The topological polar surface area (TPSA) is 732 Å². The van der Waals surface area contributed by atoms with Gasteiger partial charge in [0.2, 0.25) is 88.6 Å². The van der Waals surface area contributed by atoms with E-state index in [4.69, 9.17) is 62.1 Å². The van der Waals surface area contributed by atoms with Gasteiger partial charge in [-0.25, -0.2) is 0 Å². The normalized spacial score (nSPS) is 14.1. The van der Waals surface area contributed by atoms with Crippen LogP contribution in [0.25, 0.3) is 10.9 Å². The van der Waals surface area contributed by atoms with Gasteiger partial charge in [0.05, 0.1) is 0 Å². The SMILES string of the molecule is CSCCC(NC(=O)[C@H](C)NC(=O)C(CCCNC(=N)N)NC(=O)[C@H](CCC(N)=O)NC(=O)C(Cc1c[nH]c2ccccc12)NC(=O)[C@H](CCC(N)=O)NC(=O)C(Cc1ccccc1)NC(C)=O)C(=O)N[C@@H](CCCNC(=N)N)C(=O)NC(CCCCN)C(=O)N[C@H](C(=O)NC(CCCNC(=N)N)C(=O)N[C@@H](CCCCN)C(N)=O)C(C)C. The summed E-state index contributed by atoms with van der Waals surface area (Å²) in [5, 5.41) is 62.9. The van der Waals surface area contributed by atoms with Crippen LogP contribution >= 0.6 is 11.8 Å². The summed E-state index contributed by atoms with van der Waals surface area (Å²) < 4.78 is 0. The Hall–Kier alpha value is -11.9. The van der Waals surface area contributed by atoms with Crippen LogP contribution in [-0.4, -0.2) is 229 Å². The number of para-hydroxylation sites is 1. The highest BCUT2D eigenvalue weighted by molar-refractivity contribution is 7.98. The maximum atomic E-state index is 14.9. The van der Waals surface area contributed by atoms with Crippen LogP contribution in [0.5, 0.6) is 0 Å². The first-order valence-electron chi connectivity index (χ1n) is 39.2. The monoisotopic (exact) mass is 1670 g/mol. The van der Waals surface area contributed by atoms with Crippen LogP contribution in [-0.2, 0) is 84.8 Å². The Morgan fingerprint density at radius 1 is 0.390 bits per heavy atom. The molecule has 0 spiro atoms. The lowest BCUT2D eigenvalue weighted by molar-refractivity contribution is -0.136. The third-order valence-electron chi connectivity index (χ3n) is 18.6. The fourth-order valence-corrected chi connectivity index (χ4v) is 12.7. The van der Waals surface area contributed by atoms with Gasteiger partial charge in [0.25, 0.3) is 0 Å². The minimum absolute atomic E-state index is 0.0121. The number of fused-ring (bicyclic) bond motifs is 1. The third-order valence-corrected chi connectivity index (χ3v) is 19.3. The molecule has 1 heterocycles. The molecule has 35 N–H and O–H groups in total. The molecule has 0 radical (unpaired) electrons. The van der Waals surface area contributed by atoms with Crippen molar-refractivity contribution in [1.29, 1.82) is 16.2 Å². The molecule has 0 aliphatic rings. The maximum Gasteiger partial charge on any atom is 0.243 e. The standard InChI is InChI=1S/C75H123N27O15S/c1-41(2)60(72(117)100-52(26-17-36-89-75(85)86)64(109)93-48(61(80)106)22-11-13-32-76)102-69(114)49(23-12-14-33-77)95-65(110)51(25-16-35-88-74(83)84)97-68(113)55(31-37-118-5)94-62(107)42(3)91-63(108)50(24-15-34-87-73(81)82)96-66(111)53(27-29-58(78)104)99-71(116)57(39-45-40-90-47-21-10-9-20-46(45)47)101-67(112)54(28-30-59(79)105)98-70(115)56(92-43(4)103)38-44-18-7-6-8-19-44/h6-10,18-21,40-42,48-57,60,90H,11-17,22-39,76-77H2,1-5H3,(H2,78,104)(H2,79,105)(H2,80,106)(H,91,108)(H,92,103)(H,93,109)(H,94,107)(H,95,110)(H,96,111)(H,97,113)(H,98,115)(H,99,116)(H,100,117)(H,101,112)(H,102,114)(H4,81,82,87)(H4,83,84,88)(H4,85,86,89)/t42-,48-,49?,50?,51-,52?,53-,54-,55?,56?,57?,60-/m0/s1. The van der Waals surface area contributed by atoms with Crippen molar-refractivity contribution < 1.29 is 71.9 Å². The smallest absolute Gasteiger partial charge is 0.243 e. The molecule has 0 bridgehead atoms. The number of hydrogen-bond acceptors (Lipinski definition) is 21. The first-order chi connectivity index (χ1) is 56.0. The Bertz CT molecular complexity index is 3870. The van der Waals surface area contributed by atoms with E-state index in [1.807, 2.05) is 0 Å². The molecule has 15 amide bonds. The average Bonchev–Trinajstić information content (AvgIpc) is 1.65. The summed E-state index contributed by atoms with van der Waals surface area (Å²) in [7, 11) is 0. The number of aromatic nitrogens is 1. The number of nitrogens with two attached hydrogens (primary N) is 8. The van der Waals surface area contributed by atoms with Gasteiger partial charge in [-0.2, -0.15) is 11.8 Å². The number of benzene rings is 2. The Morgan fingerprint density at radius 2 is 0.746 bits per heavy atom. The average molecular weight is 1680 g/mol. The third kappa shape index (κ3) is 38.7. The number of guanidine groups is 3. The summed E-state index contributed by atoms with van der Waals surface area (Å²) in [6.45, 7) is 6.36. The van der Waals surface area contributed by atoms with Gasteiger partial charge < -0.3 is 131 Å². The lowest BCUT2D eigenvalue weighted by atomic mass is 10.00. The van der Waals surface area contributed by atoms with Crippen molar-refractivity contribution in [3.05, 3.63) is 71.9 Å². The number of primary amides is 3. The summed E-state index contributed by atoms with van der Waals surface area (Å²) >= 11 is 1.29. The van der Waals surface area contributed by atoms with E-state index in [1.165, 1.54) is 25.6 Å². The zero-order valence-corrected chi connectivity index (χ0v) is 68.4. The molecule has 6 unspecified atom stereocenters. The number of hydrogen-bond donors (Lipinski definition) is 27. The Kier molecular flexibility index (Phi) is 46.0. The molecular weight excluding hydrogens is 1550 g/mol. The molecule has 0 aliphatic carbocycles. The van der Waals surface area contributed by atoms with E-state index in [2.05, 4.69) is 84.7 Å². The molecule has 654 valence electrons. The van der Waals surface area contributed by atoms with Crippen molar-refractivity contribution >= 4 is 129 Å². The summed E-state index contributed by atoms with van der Waals surface area (Å²) in [4.78, 5) is 212. The molecule has 12 atom stereocenters. The van der Waals surface area contributed by atoms with Crippen molar-refractivity contribution in [2.45, 2.75) is 222 Å². The maximum absolute atomic E-state index is 14.9. The minimum Gasteiger partial charge on any atom is -0.370 e. The van der Waals surface area contributed by atoms with E-state index >= 15 is 0 Å². The minimum atomic E-state index is -1.71. The first kappa shape index (κ1) is 100. The van der Waals surface area contributed by atoms with Crippen LogP contribution in [0.15, 0.2) is 60.8 Å². The van der Waals surface area contributed by atoms with E-state index in [-0.39, 0.29) is 121 Å². The Morgan fingerprint density at radius 3 is 1.16 bits per heavy atom. The number of aromatic amines is 1. The number of amides is 15. The first-order valence-corrected chi connectivity index (χ1v) is 40.6. The molecule has 0 saturated carbocycles. The molecule has 0 aliphatic heterocycles. The number of thioether (sulfide) groups is 1. The van der Waals surface area contributed by atoms with Gasteiger partial charge in [0.15, 0.2) is 17.9 Å². The van der Waals surface area contributed by atoms with E-state index in [9.17, 15) is 71.9 Å². The van der Waals surface area contributed by atoms with Crippen LogP contribution in [0, 0.1) is 22.1 Å². The molecule has 118 heavy (non-hydrogen) atoms. The predicted molar refractivity (Wildman–Crippen MR) is 444 cm³/mol. The van der Waals surface area contributed by atoms with Crippen molar-refractivity contribution in [2.75, 3.05) is 44.7 Å². The van der Waals surface area contributed by atoms with Gasteiger partial charge in [0, 0.05) is 69.3 Å². The van der Waals surface area contributed by atoms with Crippen LogP contribution in [0.1, 0.15) is 148 Å². The molecular formula is C75H123N27O15S. The molecule has 43 heteroatoms. The molecule has 3 rings (SSSR count). The van der Waals surface area contributed by atoms with Gasteiger partial charge in [-0.05, 0) is 151 Å². The quantitative estimate of drug-likeness (QED) is 0.0142. The number of H-pyrrole nitrogens is 1. The highest BCUT2D eigenvalue weighted by Gasteiger charge is 2.38. The lowest BCUT2D eigenvalue weighted by Gasteiger charge is -2.29. The zero-order chi connectivity index (χ0) is 88.0. The molecule has 3 aromatic rings. The number of carbonyl (C=O) groups excluding carboxylic acids is 15. The summed E-state index contributed by atoms with van der Waals surface area (Å²) in [5.41, 5.74) is 46.6. The van der Waals surface area contributed by atoms with Crippen molar-refractivity contribution in [1.82, 2.24) is 84.7 Å². The van der Waals surface area contributed by atoms with Crippen molar-refractivity contribution in [3.63, 3.8) is 0 Å². The highest BCUT2D eigenvalue weighted by atomic mass is 32.2. The molecule has 0 saturated heterocycles. The summed E-state index contributed by atoms with van der Waals surface area (Å²) in [6.07, 6.45) is 2.81. The zero-order valence-electron chi connectivity index (χ0n) is 67.6. The second-order valence-electron chi connectivity index (χ2n) is 28.7. The van der Waals surface area contributed by atoms with E-state index in [1.54, 1.807) is 80.9 Å². The van der Waals surface area contributed by atoms with Crippen molar-refractivity contribution in [2.24, 2.45) is 51.8 Å². The Labute approximate surface area is 689 Å². The number of nitrogens with one attached hydrogen (secondary N) is 19. The van der Waals surface area contributed by atoms with Crippen LogP contribution in [0.3, 0.4) is 0 Å². The van der Waals surface area contributed by atoms with Gasteiger partial charge >= 0.3 is 0 Å². The summed E-state index contributed by atoms with van der Waals surface area (Å²) in [6, 6.07) is -1.60. The van der Waals surface area contributed by atoms with Crippen LogP contribution in [0.2, 0.25) is 0 Å². The largest absolute Gasteiger partial charge is 0.370 e. The van der Waals surface area contributed by atoms with E-state index < -0.39 is 198 Å². The number of carbonyl (C=O) groups is 15. The molecule has 2 aromatic carbocycles. The highest BCUT2D eigenvalue weighted by Crippen LogP contribution is 2.21. The predicted octanol–water partition coefficient (Wildman–Crippen LogP) is -5.72. The summed E-state index contributed by atoms with van der Waals surface area (Å²) in [5.74, 6) is -14.8. The fourth-order valence-electron chi connectivity index (χ4n) is 12.2.